The zero-order valence-electron chi connectivity index (χ0n) is 12.7. The van der Waals surface area contributed by atoms with E-state index in [2.05, 4.69) is 17.0 Å². The molecule has 21 heavy (non-hydrogen) atoms. The van der Waals surface area contributed by atoms with E-state index in [1.165, 1.54) is 19.3 Å². The SMILES string of the molecule is CCC1CCCC(c2nc(-c3cnn(C)c3)cc(=O)[nH]2)C1. The van der Waals surface area contributed by atoms with Crippen molar-refractivity contribution in [2.75, 3.05) is 0 Å². The number of hydrogen-bond acceptors (Lipinski definition) is 3. The number of nitrogens with one attached hydrogen (secondary N) is 1. The molecule has 2 heterocycles. The summed E-state index contributed by atoms with van der Waals surface area (Å²) in [4.78, 5) is 19.6. The molecule has 0 spiro atoms. The van der Waals surface area contributed by atoms with Gasteiger partial charge in [-0.05, 0) is 18.8 Å². The van der Waals surface area contributed by atoms with Crippen LogP contribution in [0, 0.1) is 5.92 Å². The van der Waals surface area contributed by atoms with E-state index in [0.29, 0.717) is 5.92 Å². The Labute approximate surface area is 124 Å². The quantitative estimate of drug-likeness (QED) is 0.943. The number of aryl methyl sites for hydroxylation is 1. The van der Waals surface area contributed by atoms with Crippen molar-refractivity contribution >= 4 is 0 Å². The van der Waals surface area contributed by atoms with E-state index in [9.17, 15) is 4.79 Å². The van der Waals surface area contributed by atoms with Crippen molar-refractivity contribution in [2.24, 2.45) is 13.0 Å². The first-order valence-electron chi connectivity index (χ1n) is 7.76. The van der Waals surface area contributed by atoms with Crippen LogP contribution in [-0.2, 0) is 7.05 Å². The van der Waals surface area contributed by atoms with E-state index in [-0.39, 0.29) is 5.56 Å². The average Bonchev–Trinajstić information content (AvgIpc) is 2.93. The molecule has 2 unspecified atom stereocenters. The molecule has 0 amide bonds. The third kappa shape index (κ3) is 3.06. The molecule has 2 aromatic heterocycles. The molecule has 0 aliphatic heterocycles. The van der Waals surface area contributed by atoms with Gasteiger partial charge in [0.1, 0.15) is 5.82 Å². The number of aromatic nitrogens is 4. The van der Waals surface area contributed by atoms with Crippen molar-refractivity contribution in [3.8, 4) is 11.3 Å². The standard InChI is InChI=1S/C16H22N4O/c1-3-11-5-4-6-12(7-11)16-18-14(8-15(21)19-16)13-9-17-20(2)10-13/h8-12H,3-7H2,1-2H3,(H,18,19,21). The lowest BCUT2D eigenvalue weighted by Crippen LogP contribution is -2.19. The van der Waals surface area contributed by atoms with Gasteiger partial charge < -0.3 is 4.98 Å². The van der Waals surface area contributed by atoms with Crippen LogP contribution in [0.25, 0.3) is 11.3 Å². The molecule has 1 aliphatic carbocycles. The van der Waals surface area contributed by atoms with Gasteiger partial charge in [0.2, 0.25) is 0 Å². The van der Waals surface area contributed by atoms with Crippen LogP contribution in [0.5, 0.6) is 0 Å². The Kier molecular flexibility index (Phi) is 3.90. The normalized spacial score (nSPS) is 22.4. The van der Waals surface area contributed by atoms with Crippen LogP contribution in [0.15, 0.2) is 23.3 Å². The van der Waals surface area contributed by atoms with Crippen LogP contribution in [0.3, 0.4) is 0 Å². The van der Waals surface area contributed by atoms with Gasteiger partial charge in [-0.25, -0.2) is 4.98 Å². The lowest BCUT2D eigenvalue weighted by atomic mass is 9.80. The van der Waals surface area contributed by atoms with Gasteiger partial charge in [-0.15, -0.1) is 0 Å². The number of aromatic amines is 1. The van der Waals surface area contributed by atoms with Crippen molar-refractivity contribution in [3.63, 3.8) is 0 Å². The summed E-state index contributed by atoms with van der Waals surface area (Å²) in [5.41, 5.74) is 1.55. The van der Waals surface area contributed by atoms with E-state index in [4.69, 9.17) is 4.98 Å². The highest BCUT2D eigenvalue weighted by Crippen LogP contribution is 2.36. The van der Waals surface area contributed by atoms with Crippen LogP contribution in [0.1, 0.15) is 50.8 Å². The molecule has 0 saturated heterocycles. The lowest BCUT2D eigenvalue weighted by Gasteiger charge is -2.27. The molecule has 5 heteroatoms. The highest BCUT2D eigenvalue weighted by molar-refractivity contribution is 5.56. The minimum absolute atomic E-state index is 0.0718. The fourth-order valence-electron chi connectivity index (χ4n) is 3.28. The summed E-state index contributed by atoms with van der Waals surface area (Å²) < 4.78 is 1.73. The van der Waals surface area contributed by atoms with Gasteiger partial charge >= 0.3 is 0 Å². The topological polar surface area (TPSA) is 63.6 Å². The molecule has 0 aromatic carbocycles. The maximum Gasteiger partial charge on any atom is 0.251 e. The average molecular weight is 286 g/mol. The fourth-order valence-corrected chi connectivity index (χ4v) is 3.28. The molecule has 1 N–H and O–H groups in total. The summed E-state index contributed by atoms with van der Waals surface area (Å²) >= 11 is 0. The molecule has 0 bridgehead atoms. The molecule has 0 radical (unpaired) electrons. The summed E-state index contributed by atoms with van der Waals surface area (Å²) in [6.45, 7) is 2.25. The van der Waals surface area contributed by atoms with E-state index >= 15 is 0 Å². The van der Waals surface area contributed by atoms with Gasteiger partial charge in [-0.3, -0.25) is 9.48 Å². The molecule has 2 aromatic rings. The molecule has 2 atom stereocenters. The Balaban J connectivity index is 1.92. The third-order valence-corrected chi connectivity index (χ3v) is 4.51. The first kappa shape index (κ1) is 14.0. The lowest BCUT2D eigenvalue weighted by molar-refractivity contribution is 0.307. The maximum absolute atomic E-state index is 12.0. The molecule has 3 rings (SSSR count). The number of rotatable bonds is 3. The van der Waals surface area contributed by atoms with Crippen LogP contribution in [-0.4, -0.2) is 19.7 Å². The highest BCUT2D eigenvalue weighted by atomic mass is 16.1. The molecule has 1 saturated carbocycles. The Morgan fingerprint density at radius 2 is 2.29 bits per heavy atom. The number of hydrogen-bond donors (Lipinski definition) is 1. The second kappa shape index (κ2) is 5.84. The Morgan fingerprint density at radius 3 is 3.00 bits per heavy atom. The van der Waals surface area contributed by atoms with Crippen molar-refractivity contribution in [3.05, 3.63) is 34.6 Å². The van der Waals surface area contributed by atoms with Crippen LogP contribution >= 0.6 is 0 Å². The molecule has 1 aliphatic rings. The van der Waals surface area contributed by atoms with Gasteiger partial charge in [0.15, 0.2) is 0 Å². The number of H-pyrrole nitrogens is 1. The van der Waals surface area contributed by atoms with Crippen LogP contribution in [0.2, 0.25) is 0 Å². The second-order valence-electron chi connectivity index (χ2n) is 6.06. The first-order valence-corrected chi connectivity index (χ1v) is 7.76. The minimum Gasteiger partial charge on any atom is -0.310 e. The Bertz CT molecular complexity index is 673. The van der Waals surface area contributed by atoms with Gasteiger partial charge in [-0.1, -0.05) is 26.2 Å². The summed E-state index contributed by atoms with van der Waals surface area (Å²) in [5.74, 6) is 1.99. The second-order valence-corrected chi connectivity index (χ2v) is 6.06. The maximum atomic E-state index is 12.0. The molecular formula is C16H22N4O. The van der Waals surface area contributed by atoms with Crippen LogP contribution in [0.4, 0.5) is 0 Å². The molecular weight excluding hydrogens is 264 g/mol. The number of nitrogens with zero attached hydrogens (tertiary/aromatic N) is 3. The monoisotopic (exact) mass is 286 g/mol. The zero-order chi connectivity index (χ0) is 14.8. The third-order valence-electron chi connectivity index (χ3n) is 4.51. The summed E-state index contributed by atoms with van der Waals surface area (Å²) in [7, 11) is 1.87. The van der Waals surface area contributed by atoms with Gasteiger partial charge in [0.25, 0.3) is 5.56 Å². The molecule has 1 fully saturated rings. The molecule has 5 nitrogen and oxygen atoms in total. The van der Waals surface area contributed by atoms with Gasteiger partial charge in [-0.2, -0.15) is 5.10 Å². The van der Waals surface area contributed by atoms with E-state index in [1.54, 1.807) is 16.9 Å². The summed E-state index contributed by atoms with van der Waals surface area (Å²) in [5, 5.41) is 4.15. The summed E-state index contributed by atoms with van der Waals surface area (Å²) in [6, 6.07) is 1.56. The van der Waals surface area contributed by atoms with Crippen molar-refractivity contribution in [1.82, 2.24) is 19.7 Å². The van der Waals surface area contributed by atoms with Gasteiger partial charge in [0.05, 0.1) is 11.9 Å². The van der Waals surface area contributed by atoms with Crippen molar-refractivity contribution in [2.45, 2.75) is 44.9 Å². The van der Waals surface area contributed by atoms with Crippen molar-refractivity contribution in [1.29, 1.82) is 0 Å². The predicted molar refractivity (Wildman–Crippen MR) is 82.0 cm³/mol. The van der Waals surface area contributed by atoms with Crippen molar-refractivity contribution < 1.29 is 0 Å². The smallest absolute Gasteiger partial charge is 0.251 e. The van der Waals surface area contributed by atoms with Crippen LogP contribution < -0.4 is 5.56 Å². The predicted octanol–water partition coefficient (Wildman–Crippen LogP) is 2.85. The fraction of sp³-hybridized carbons (Fsp3) is 0.562. The highest BCUT2D eigenvalue weighted by Gasteiger charge is 2.24. The molecule has 112 valence electrons. The van der Waals surface area contributed by atoms with E-state index in [1.807, 2.05) is 13.2 Å². The minimum atomic E-state index is -0.0718. The van der Waals surface area contributed by atoms with E-state index in [0.717, 1.165) is 35.8 Å². The Morgan fingerprint density at radius 1 is 1.43 bits per heavy atom. The largest absolute Gasteiger partial charge is 0.310 e. The zero-order valence-corrected chi connectivity index (χ0v) is 12.7. The first-order chi connectivity index (χ1) is 10.2. The Hall–Kier alpha value is -1.91. The van der Waals surface area contributed by atoms with Gasteiger partial charge in [0, 0.05) is 30.8 Å². The summed E-state index contributed by atoms with van der Waals surface area (Å²) in [6.07, 6.45) is 9.64. The van der Waals surface area contributed by atoms with E-state index < -0.39 is 0 Å².